The fourth-order valence-corrected chi connectivity index (χ4v) is 1.48. The maximum absolute atomic E-state index is 10.2. The molecule has 0 saturated heterocycles. The zero-order chi connectivity index (χ0) is 9.14. The van der Waals surface area contributed by atoms with E-state index < -0.39 is 12.1 Å². The monoisotopic (exact) mass is 174 g/mol. The molecule has 1 saturated carbocycles. The lowest BCUT2D eigenvalue weighted by Crippen LogP contribution is -2.34. The van der Waals surface area contributed by atoms with Crippen molar-refractivity contribution in [2.75, 3.05) is 7.11 Å². The Morgan fingerprint density at radius 1 is 1.67 bits per heavy atom. The van der Waals surface area contributed by atoms with Crippen molar-refractivity contribution in [3.8, 4) is 0 Å². The maximum Gasteiger partial charge on any atom is 0.332 e. The van der Waals surface area contributed by atoms with Crippen LogP contribution in [0.25, 0.3) is 0 Å². The molecule has 2 N–H and O–H groups in total. The number of aliphatic carboxylic acids is 1. The summed E-state index contributed by atoms with van der Waals surface area (Å²) in [5.41, 5.74) is 0. The van der Waals surface area contributed by atoms with Crippen molar-refractivity contribution in [2.24, 2.45) is 5.92 Å². The van der Waals surface area contributed by atoms with Gasteiger partial charge in [-0.05, 0) is 25.2 Å². The number of aliphatic hydroxyl groups is 1. The van der Waals surface area contributed by atoms with E-state index in [0.717, 1.165) is 12.8 Å². The fourth-order valence-electron chi connectivity index (χ4n) is 1.48. The van der Waals surface area contributed by atoms with Crippen molar-refractivity contribution in [1.82, 2.24) is 0 Å². The molecule has 4 heteroatoms. The molecule has 0 spiro atoms. The molecule has 1 unspecified atom stereocenters. The number of aliphatic hydroxyl groups excluding tert-OH is 1. The van der Waals surface area contributed by atoms with Gasteiger partial charge in [0.25, 0.3) is 0 Å². The molecule has 0 radical (unpaired) electrons. The second-order valence-corrected chi connectivity index (χ2v) is 3.28. The van der Waals surface area contributed by atoms with Gasteiger partial charge in [-0.2, -0.15) is 0 Å². The highest BCUT2D eigenvalue weighted by Gasteiger charge is 2.32. The molecule has 1 aliphatic carbocycles. The van der Waals surface area contributed by atoms with Crippen LogP contribution in [-0.2, 0) is 9.53 Å². The van der Waals surface area contributed by atoms with E-state index in [2.05, 4.69) is 0 Å². The first-order valence-electron chi connectivity index (χ1n) is 4.07. The lowest BCUT2D eigenvalue weighted by atomic mass is 9.79. The second-order valence-electron chi connectivity index (χ2n) is 3.28. The van der Waals surface area contributed by atoms with Crippen molar-refractivity contribution < 1.29 is 19.7 Å². The quantitative estimate of drug-likeness (QED) is 0.641. The van der Waals surface area contributed by atoms with Crippen LogP contribution in [0.15, 0.2) is 0 Å². The Morgan fingerprint density at radius 3 is 2.67 bits per heavy atom. The van der Waals surface area contributed by atoms with Gasteiger partial charge in [0.1, 0.15) is 0 Å². The number of hydrogen-bond donors (Lipinski definition) is 2. The minimum atomic E-state index is -1.20. The van der Waals surface area contributed by atoms with Crippen molar-refractivity contribution in [3.63, 3.8) is 0 Å². The molecule has 12 heavy (non-hydrogen) atoms. The largest absolute Gasteiger partial charge is 0.479 e. The average molecular weight is 174 g/mol. The summed E-state index contributed by atoms with van der Waals surface area (Å²) in [6.45, 7) is 0. The molecular formula is C8H14O4. The molecule has 0 aliphatic heterocycles. The second kappa shape index (κ2) is 3.87. The normalized spacial score (nSPS) is 30.8. The molecule has 0 amide bonds. The summed E-state index contributed by atoms with van der Waals surface area (Å²) in [6.07, 6.45) is 1.18. The first kappa shape index (κ1) is 9.48. The first-order chi connectivity index (χ1) is 5.63. The lowest BCUT2D eigenvalue weighted by Gasteiger charge is -2.34. The molecule has 4 nitrogen and oxygen atoms in total. The molecule has 0 aromatic heterocycles. The Kier molecular flexibility index (Phi) is 3.05. The minimum Gasteiger partial charge on any atom is -0.479 e. The van der Waals surface area contributed by atoms with Crippen molar-refractivity contribution in [2.45, 2.75) is 31.5 Å². The van der Waals surface area contributed by atoms with Crippen molar-refractivity contribution in [1.29, 1.82) is 0 Å². The van der Waals surface area contributed by atoms with Crippen LogP contribution >= 0.6 is 0 Å². The third-order valence-corrected chi connectivity index (χ3v) is 2.37. The zero-order valence-electron chi connectivity index (χ0n) is 7.06. The van der Waals surface area contributed by atoms with Crippen LogP contribution in [-0.4, -0.2) is 35.5 Å². The third-order valence-electron chi connectivity index (χ3n) is 2.37. The molecule has 1 rings (SSSR count). The van der Waals surface area contributed by atoms with Crippen LogP contribution < -0.4 is 0 Å². The smallest absolute Gasteiger partial charge is 0.332 e. The highest BCUT2D eigenvalue weighted by Crippen LogP contribution is 2.33. The Bertz CT molecular complexity index is 162. The van der Waals surface area contributed by atoms with Gasteiger partial charge in [0.05, 0.1) is 6.10 Å². The van der Waals surface area contributed by atoms with Gasteiger partial charge < -0.3 is 14.9 Å². The van der Waals surface area contributed by atoms with Crippen LogP contribution in [0.2, 0.25) is 0 Å². The summed E-state index contributed by atoms with van der Waals surface area (Å²) in [5.74, 6) is -0.808. The van der Waals surface area contributed by atoms with Gasteiger partial charge in [-0.15, -0.1) is 0 Å². The van der Waals surface area contributed by atoms with Gasteiger partial charge >= 0.3 is 5.97 Å². The van der Waals surface area contributed by atoms with Crippen LogP contribution in [0.1, 0.15) is 19.3 Å². The maximum atomic E-state index is 10.2. The third kappa shape index (κ3) is 2.19. The van der Waals surface area contributed by atoms with Gasteiger partial charge in [-0.3, -0.25) is 0 Å². The van der Waals surface area contributed by atoms with E-state index in [1.54, 1.807) is 7.11 Å². The lowest BCUT2D eigenvalue weighted by molar-refractivity contribution is -0.148. The predicted octanol–water partition coefficient (Wildman–Crippen LogP) is 0.247. The number of carbonyl (C=O) groups is 1. The summed E-state index contributed by atoms with van der Waals surface area (Å²) < 4.78 is 5.03. The Labute approximate surface area is 71.2 Å². The Morgan fingerprint density at radius 2 is 2.25 bits per heavy atom. The summed E-state index contributed by atoms with van der Waals surface area (Å²) >= 11 is 0. The SMILES string of the molecule is COC1CC(CC(O)C(=O)O)C1. The fraction of sp³-hybridized carbons (Fsp3) is 0.875. The topological polar surface area (TPSA) is 66.8 Å². The first-order valence-corrected chi connectivity index (χ1v) is 4.07. The van der Waals surface area contributed by atoms with Crippen LogP contribution in [0, 0.1) is 5.92 Å². The standard InChI is InChI=1S/C8H14O4/c1-12-6-2-5(3-6)4-7(9)8(10)11/h5-7,9H,2-4H2,1H3,(H,10,11). The minimum absolute atomic E-state index is 0.274. The zero-order valence-corrected chi connectivity index (χ0v) is 7.06. The van der Waals surface area contributed by atoms with Gasteiger partial charge in [-0.1, -0.05) is 0 Å². The summed E-state index contributed by atoms with van der Waals surface area (Å²) in [5, 5.41) is 17.4. The number of methoxy groups -OCH3 is 1. The van der Waals surface area contributed by atoms with E-state index in [4.69, 9.17) is 14.9 Å². The Balaban J connectivity index is 2.14. The van der Waals surface area contributed by atoms with Gasteiger partial charge in [-0.25, -0.2) is 4.79 Å². The van der Waals surface area contributed by atoms with Crippen LogP contribution in [0.5, 0.6) is 0 Å². The highest BCUT2D eigenvalue weighted by molar-refractivity contribution is 5.71. The van der Waals surface area contributed by atoms with Crippen molar-refractivity contribution in [3.05, 3.63) is 0 Å². The Hall–Kier alpha value is -0.610. The molecule has 1 fully saturated rings. The molecule has 0 aromatic rings. The number of ether oxygens (including phenoxy) is 1. The molecule has 1 atom stereocenters. The molecule has 0 aromatic carbocycles. The molecule has 70 valence electrons. The van der Waals surface area contributed by atoms with E-state index in [1.165, 1.54) is 0 Å². The van der Waals surface area contributed by atoms with E-state index >= 15 is 0 Å². The van der Waals surface area contributed by atoms with Gasteiger partial charge in [0, 0.05) is 7.11 Å². The molecule has 1 aliphatic rings. The summed E-state index contributed by atoms with van der Waals surface area (Å²) in [4.78, 5) is 10.2. The summed E-state index contributed by atoms with van der Waals surface area (Å²) in [6, 6.07) is 0. The van der Waals surface area contributed by atoms with E-state index in [9.17, 15) is 4.79 Å². The average Bonchev–Trinajstić information content (AvgIpc) is 1.94. The van der Waals surface area contributed by atoms with E-state index in [0.29, 0.717) is 12.3 Å². The van der Waals surface area contributed by atoms with Crippen LogP contribution in [0.3, 0.4) is 0 Å². The molecule has 0 bridgehead atoms. The van der Waals surface area contributed by atoms with Gasteiger partial charge in [0.15, 0.2) is 6.10 Å². The molecule has 0 heterocycles. The van der Waals surface area contributed by atoms with Crippen molar-refractivity contribution >= 4 is 5.97 Å². The van der Waals surface area contributed by atoms with E-state index in [1.807, 2.05) is 0 Å². The number of carboxylic acid groups (broad SMARTS) is 1. The number of carboxylic acids is 1. The molecular weight excluding hydrogens is 160 g/mol. The van der Waals surface area contributed by atoms with E-state index in [-0.39, 0.29) is 6.10 Å². The predicted molar refractivity (Wildman–Crippen MR) is 41.8 cm³/mol. The summed E-state index contributed by atoms with van der Waals surface area (Å²) in [7, 11) is 1.65. The highest BCUT2D eigenvalue weighted by atomic mass is 16.5. The van der Waals surface area contributed by atoms with Gasteiger partial charge in [0.2, 0.25) is 0 Å². The van der Waals surface area contributed by atoms with Crippen LogP contribution in [0.4, 0.5) is 0 Å². The number of hydrogen-bond acceptors (Lipinski definition) is 3. The number of rotatable bonds is 4.